The summed E-state index contributed by atoms with van der Waals surface area (Å²) in [4.78, 5) is 23.7. The highest BCUT2D eigenvalue weighted by Crippen LogP contribution is 2.33. The molecule has 1 N–H and O–H groups in total. The fourth-order valence-electron chi connectivity index (χ4n) is 3.90. The molecule has 12 heteroatoms. The van der Waals surface area contributed by atoms with E-state index < -0.39 is 11.3 Å². The molecule has 1 saturated heterocycles. The van der Waals surface area contributed by atoms with Crippen LogP contribution in [0.5, 0.6) is 5.75 Å². The highest BCUT2D eigenvalue weighted by molar-refractivity contribution is 5.70. The molecule has 2 heterocycles. The maximum atomic E-state index is 12.5. The standard InChI is InChI=1S/C23H23F3N6O3/c24-23(25,26)35-19-8-4-7-18(13-19)14-27-21-20(32(33)34)22(29-16-28-21)31-11-9-30(10-12-31)15-17-5-2-1-3-6-17/h1-8,13,16H,9-12,14-15H2,(H,27,28,29). The number of aromatic nitrogens is 2. The number of halogens is 3. The van der Waals surface area contributed by atoms with Crippen LogP contribution in [-0.2, 0) is 13.1 Å². The van der Waals surface area contributed by atoms with Crippen LogP contribution in [0.4, 0.5) is 30.5 Å². The molecule has 0 aliphatic carbocycles. The molecule has 0 spiro atoms. The molecule has 0 radical (unpaired) electrons. The molecule has 1 aliphatic heterocycles. The van der Waals surface area contributed by atoms with E-state index in [4.69, 9.17) is 0 Å². The van der Waals surface area contributed by atoms with E-state index in [-0.39, 0.29) is 29.6 Å². The van der Waals surface area contributed by atoms with Gasteiger partial charge in [-0.05, 0) is 23.3 Å². The number of hydrogen-bond donors (Lipinski definition) is 1. The van der Waals surface area contributed by atoms with Gasteiger partial charge in [0.15, 0.2) is 0 Å². The number of nitrogens with one attached hydrogen (secondary N) is 1. The van der Waals surface area contributed by atoms with Gasteiger partial charge in [0.05, 0.1) is 4.92 Å². The van der Waals surface area contributed by atoms with Crippen molar-refractivity contribution in [1.29, 1.82) is 0 Å². The van der Waals surface area contributed by atoms with Crippen LogP contribution in [0.25, 0.3) is 0 Å². The van der Waals surface area contributed by atoms with Crippen molar-refractivity contribution in [3.05, 3.63) is 82.2 Å². The molecule has 1 aliphatic rings. The number of anilines is 2. The van der Waals surface area contributed by atoms with Crippen molar-refractivity contribution in [2.75, 3.05) is 36.4 Å². The molecule has 3 aromatic rings. The summed E-state index contributed by atoms with van der Waals surface area (Å²) >= 11 is 0. The van der Waals surface area contributed by atoms with Crippen LogP contribution in [-0.4, -0.2) is 52.3 Å². The molecule has 9 nitrogen and oxygen atoms in total. The van der Waals surface area contributed by atoms with Crippen LogP contribution in [0.3, 0.4) is 0 Å². The topological polar surface area (TPSA) is 96.7 Å². The number of hydrogen-bond acceptors (Lipinski definition) is 8. The molecule has 0 bridgehead atoms. The van der Waals surface area contributed by atoms with Crippen LogP contribution in [0.2, 0.25) is 0 Å². The summed E-state index contributed by atoms with van der Waals surface area (Å²) in [6.45, 7) is 3.35. The Balaban J connectivity index is 1.44. The van der Waals surface area contributed by atoms with Crippen molar-refractivity contribution >= 4 is 17.3 Å². The zero-order valence-corrected chi connectivity index (χ0v) is 18.6. The van der Waals surface area contributed by atoms with E-state index in [9.17, 15) is 23.3 Å². The van der Waals surface area contributed by atoms with Gasteiger partial charge in [-0.25, -0.2) is 9.97 Å². The Hall–Kier alpha value is -3.93. The molecule has 0 amide bonds. The van der Waals surface area contributed by atoms with Gasteiger partial charge in [0.2, 0.25) is 11.6 Å². The average molecular weight is 488 g/mol. The zero-order chi connectivity index (χ0) is 24.8. The summed E-state index contributed by atoms with van der Waals surface area (Å²) in [5.41, 5.74) is 1.37. The number of rotatable bonds is 8. The molecule has 184 valence electrons. The first-order valence-electron chi connectivity index (χ1n) is 10.9. The first-order valence-corrected chi connectivity index (χ1v) is 10.9. The number of ether oxygens (including phenoxy) is 1. The molecule has 1 aromatic heterocycles. The lowest BCUT2D eigenvalue weighted by molar-refractivity contribution is -0.383. The summed E-state index contributed by atoms with van der Waals surface area (Å²) in [5.74, 6) is -0.169. The lowest BCUT2D eigenvalue weighted by atomic mass is 10.2. The van der Waals surface area contributed by atoms with Gasteiger partial charge in [-0.1, -0.05) is 42.5 Å². The minimum Gasteiger partial charge on any atom is -0.406 e. The number of benzene rings is 2. The molecule has 2 aromatic carbocycles. The SMILES string of the molecule is O=[N+]([O-])c1c(NCc2cccc(OC(F)(F)F)c2)ncnc1N1CCN(Cc2ccccc2)CC1. The van der Waals surface area contributed by atoms with E-state index in [1.165, 1.54) is 30.1 Å². The number of nitro groups is 1. The van der Waals surface area contributed by atoms with Gasteiger partial charge in [-0.15, -0.1) is 13.2 Å². The summed E-state index contributed by atoms with van der Waals surface area (Å²) in [6, 6.07) is 15.4. The van der Waals surface area contributed by atoms with Crippen LogP contribution in [0.15, 0.2) is 60.9 Å². The lowest BCUT2D eigenvalue weighted by Gasteiger charge is -2.35. The normalized spacial score (nSPS) is 14.5. The third kappa shape index (κ3) is 6.57. The van der Waals surface area contributed by atoms with Gasteiger partial charge in [0.25, 0.3) is 0 Å². The summed E-state index contributed by atoms with van der Waals surface area (Å²) < 4.78 is 41.4. The van der Waals surface area contributed by atoms with Crippen LogP contribution in [0, 0.1) is 10.1 Å². The van der Waals surface area contributed by atoms with E-state index in [1.54, 1.807) is 6.07 Å². The van der Waals surface area contributed by atoms with Crippen molar-refractivity contribution in [3.63, 3.8) is 0 Å². The second-order valence-corrected chi connectivity index (χ2v) is 7.95. The second kappa shape index (κ2) is 10.6. The fraction of sp³-hybridized carbons (Fsp3) is 0.304. The fourth-order valence-corrected chi connectivity index (χ4v) is 3.90. The van der Waals surface area contributed by atoms with Gasteiger partial charge in [-0.3, -0.25) is 15.0 Å². The maximum Gasteiger partial charge on any atom is 0.573 e. The third-order valence-electron chi connectivity index (χ3n) is 5.50. The Kier molecular flexibility index (Phi) is 7.30. The first-order chi connectivity index (χ1) is 16.8. The Morgan fingerprint density at radius 3 is 2.40 bits per heavy atom. The first kappa shape index (κ1) is 24.2. The van der Waals surface area contributed by atoms with Crippen molar-refractivity contribution in [2.24, 2.45) is 0 Å². The van der Waals surface area contributed by atoms with Gasteiger partial charge in [-0.2, -0.15) is 0 Å². The molecular weight excluding hydrogens is 465 g/mol. The van der Waals surface area contributed by atoms with E-state index in [0.29, 0.717) is 31.7 Å². The molecule has 4 rings (SSSR count). The summed E-state index contributed by atoms with van der Waals surface area (Å²) in [5, 5.41) is 14.8. The van der Waals surface area contributed by atoms with Crippen molar-refractivity contribution in [1.82, 2.24) is 14.9 Å². The van der Waals surface area contributed by atoms with Crippen LogP contribution < -0.4 is 15.0 Å². The van der Waals surface area contributed by atoms with E-state index in [1.807, 2.05) is 23.1 Å². The quantitative estimate of drug-likeness (QED) is 0.372. The van der Waals surface area contributed by atoms with Gasteiger partial charge >= 0.3 is 12.0 Å². The Morgan fingerprint density at radius 1 is 1.00 bits per heavy atom. The average Bonchev–Trinajstić information content (AvgIpc) is 2.83. The molecule has 35 heavy (non-hydrogen) atoms. The Bertz CT molecular complexity index is 1150. The van der Waals surface area contributed by atoms with Gasteiger partial charge in [0, 0.05) is 39.3 Å². The number of alkyl halides is 3. The maximum absolute atomic E-state index is 12.5. The van der Waals surface area contributed by atoms with Crippen LogP contribution in [0.1, 0.15) is 11.1 Å². The third-order valence-corrected chi connectivity index (χ3v) is 5.50. The minimum absolute atomic E-state index is 0.00569. The smallest absolute Gasteiger partial charge is 0.406 e. The Labute approximate surface area is 199 Å². The van der Waals surface area contributed by atoms with Crippen molar-refractivity contribution in [3.8, 4) is 5.75 Å². The largest absolute Gasteiger partial charge is 0.573 e. The van der Waals surface area contributed by atoms with E-state index in [0.717, 1.165) is 6.54 Å². The Morgan fingerprint density at radius 2 is 1.71 bits per heavy atom. The zero-order valence-electron chi connectivity index (χ0n) is 18.6. The molecule has 0 atom stereocenters. The second-order valence-electron chi connectivity index (χ2n) is 7.95. The lowest BCUT2D eigenvalue weighted by Crippen LogP contribution is -2.46. The number of nitrogens with zero attached hydrogens (tertiary/aromatic N) is 5. The molecule has 0 saturated carbocycles. The minimum atomic E-state index is -4.81. The monoisotopic (exact) mass is 488 g/mol. The molecular formula is C23H23F3N6O3. The number of piperazine rings is 1. The molecule has 0 unspecified atom stereocenters. The summed E-state index contributed by atoms with van der Waals surface area (Å²) in [6.07, 6.45) is -3.57. The predicted molar refractivity (Wildman–Crippen MR) is 123 cm³/mol. The highest BCUT2D eigenvalue weighted by atomic mass is 19.4. The van der Waals surface area contributed by atoms with Crippen molar-refractivity contribution in [2.45, 2.75) is 19.5 Å². The predicted octanol–water partition coefficient (Wildman–Crippen LogP) is 4.22. The highest BCUT2D eigenvalue weighted by Gasteiger charge is 2.31. The van der Waals surface area contributed by atoms with Crippen LogP contribution >= 0.6 is 0 Å². The van der Waals surface area contributed by atoms with Crippen molar-refractivity contribution < 1.29 is 22.8 Å². The van der Waals surface area contributed by atoms with Gasteiger partial charge < -0.3 is 15.0 Å². The molecule has 1 fully saturated rings. The van der Waals surface area contributed by atoms with Gasteiger partial charge in [0.1, 0.15) is 12.1 Å². The van der Waals surface area contributed by atoms with E-state index in [2.05, 4.69) is 37.1 Å². The summed E-state index contributed by atoms with van der Waals surface area (Å²) in [7, 11) is 0. The van der Waals surface area contributed by atoms with E-state index >= 15 is 0 Å².